The van der Waals surface area contributed by atoms with Crippen LogP contribution in [0.2, 0.25) is 0 Å². The van der Waals surface area contributed by atoms with E-state index in [4.69, 9.17) is 0 Å². The Labute approximate surface area is 159 Å². The number of hydrazone groups is 1. The van der Waals surface area contributed by atoms with E-state index < -0.39 is 23.0 Å². The van der Waals surface area contributed by atoms with Crippen LogP contribution >= 0.6 is 0 Å². The molecule has 0 unspecified atom stereocenters. The number of pyridine rings is 1. The summed E-state index contributed by atoms with van der Waals surface area (Å²) in [6.45, 7) is 3.78. The van der Waals surface area contributed by atoms with Crippen LogP contribution in [0.3, 0.4) is 0 Å². The summed E-state index contributed by atoms with van der Waals surface area (Å²) in [6, 6.07) is 8.14. The van der Waals surface area contributed by atoms with Crippen LogP contribution in [0.5, 0.6) is 5.88 Å². The van der Waals surface area contributed by atoms with Gasteiger partial charge in [0.15, 0.2) is 0 Å². The Morgan fingerprint density at radius 2 is 1.89 bits per heavy atom. The predicted octanol–water partition coefficient (Wildman–Crippen LogP) is 1.01. The molecule has 3 aromatic rings. The zero-order valence-electron chi connectivity index (χ0n) is 15.1. The second-order valence-electron chi connectivity index (χ2n) is 6.04. The van der Waals surface area contributed by atoms with Gasteiger partial charge in [0, 0.05) is 18.0 Å². The van der Waals surface area contributed by atoms with Gasteiger partial charge in [-0.15, -0.1) is 0 Å². The third kappa shape index (κ3) is 3.73. The van der Waals surface area contributed by atoms with Crippen LogP contribution in [-0.4, -0.2) is 31.8 Å². The third-order valence-corrected chi connectivity index (χ3v) is 4.17. The molecule has 0 saturated heterocycles. The highest BCUT2D eigenvalue weighted by atomic mass is 16.3. The van der Waals surface area contributed by atoms with E-state index in [2.05, 4.69) is 20.5 Å². The van der Waals surface area contributed by atoms with Gasteiger partial charge in [0.2, 0.25) is 5.88 Å². The average molecular weight is 379 g/mol. The van der Waals surface area contributed by atoms with Crippen molar-refractivity contribution >= 4 is 12.1 Å². The smallest absolute Gasteiger partial charge is 0.335 e. The molecule has 1 amide bonds. The lowest BCUT2D eigenvalue weighted by Crippen LogP contribution is -2.31. The first-order chi connectivity index (χ1) is 13.4. The van der Waals surface area contributed by atoms with E-state index in [9.17, 15) is 19.5 Å². The van der Waals surface area contributed by atoms with Crippen molar-refractivity contribution < 1.29 is 9.90 Å². The van der Waals surface area contributed by atoms with Crippen LogP contribution in [0, 0.1) is 13.8 Å². The third-order valence-electron chi connectivity index (χ3n) is 4.17. The van der Waals surface area contributed by atoms with Gasteiger partial charge in [-0.1, -0.05) is 6.07 Å². The Kier molecular flexibility index (Phi) is 5.16. The van der Waals surface area contributed by atoms with Crippen molar-refractivity contribution in [2.24, 2.45) is 5.10 Å². The molecule has 0 atom stereocenters. The number of nitrogens with zero attached hydrogens (tertiary/aromatic N) is 3. The van der Waals surface area contributed by atoms with Gasteiger partial charge in [0.05, 0.1) is 11.9 Å². The summed E-state index contributed by atoms with van der Waals surface area (Å²) in [5.74, 6) is -1.10. The van der Waals surface area contributed by atoms with Crippen LogP contribution in [0.25, 0.3) is 5.69 Å². The second kappa shape index (κ2) is 7.70. The maximum absolute atomic E-state index is 12.2. The number of nitrogens with one attached hydrogen (secondary N) is 2. The summed E-state index contributed by atoms with van der Waals surface area (Å²) in [6.07, 6.45) is 3.88. The molecular formula is C19H17N5O4. The Morgan fingerprint density at radius 1 is 1.18 bits per heavy atom. The molecule has 28 heavy (non-hydrogen) atoms. The summed E-state index contributed by atoms with van der Waals surface area (Å²) < 4.78 is 0.958. The van der Waals surface area contributed by atoms with E-state index in [0.717, 1.165) is 21.9 Å². The SMILES string of the molecule is Cc1ccc(-n2c(O)c(/C=N/NC(=O)c3ccncc3)c(=O)[nH]c2=O)cc1C. The fourth-order valence-corrected chi connectivity index (χ4v) is 2.48. The zero-order valence-corrected chi connectivity index (χ0v) is 15.1. The van der Waals surface area contributed by atoms with E-state index in [-0.39, 0.29) is 5.56 Å². The number of aryl methyl sites for hydroxylation is 2. The first-order valence-electron chi connectivity index (χ1n) is 8.28. The van der Waals surface area contributed by atoms with Gasteiger partial charge in [-0.25, -0.2) is 14.8 Å². The molecule has 0 aliphatic heterocycles. The van der Waals surface area contributed by atoms with Crippen molar-refractivity contribution in [3.05, 3.63) is 85.8 Å². The molecule has 3 N–H and O–H groups in total. The lowest BCUT2D eigenvalue weighted by Gasteiger charge is -2.11. The van der Waals surface area contributed by atoms with E-state index in [0.29, 0.717) is 11.3 Å². The van der Waals surface area contributed by atoms with Gasteiger partial charge in [-0.2, -0.15) is 5.10 Å². The lowest BCUT2D eigenvalue weighted by atomic mass is 10.1. The fraction of sp³-hybridized carbons (Fsp3) is 0.105. The number of carbonyl (C=O) groups is 1. The normalized spacial score (nSPS) is 10.9. The van der Waals surface area contributed by atoms with Crippen LogP contribution in [0.15, 0.2) is 57.4 Å². The summed E-state index contributed by atoms with van der Waals surface area (Å²) in [4.78, 5) is 42.2. The highest BCUT2D eigenvalue weighted by molar-refractivity contribution is 5.94. The van der Waals surface area contributed by atoms with Gasteiger partial charge in [-0.05, 0) is 49.2 Å². The molecule has 3 rings (SSSR count). The molecule has 0 saturated carbocycles. The number of H-pyrrole nitrogens is 1. The predicted molar refractivity (Wildman–Crippen MR) is 103 cm³/mol. The highest BCUT2D eigenvalue weighted by Gasteiger charge is 2.15. The highest BCUT2D eigenvalue weighted by Crippen LogP contribution is 2.18. The van der Waals surface area contributed by atoms with Gasteiger partial charge in [0.1, 0.15) is 5.56 Å². The molecule has 9 heteroatoms. The lowest BCUT2D eigenvalue weighted by molar-refractivity contribution is 0.0955. The first kappa shape index (κ1) is 18.8. The van der Waals surface area contributed by atoms with E-state index in [1.165, 1.54) is 24.5 Å². The quantitative estimate of drug-likeness (QED) is 0.460. The summed E-state index contributed by atoms with van der Waals surface area (Å²) in [5.41, 5.74) is 2.99. The number of aromatic nitrogens is 3. The van der Waals surface area contributed by atoms with Crippen LogP contribution in [-0.2, 0) is 0 Å². The summed E-state index contributed by atoms with van der Waals surface area (Å²) in [5, 5.41) is 14.2. The second-order valence-corrected chi connectivity index (χ2v) is 6.04. The van der Waals surface area contributed by atoms with Crippen LogP contribution in [0.1, 0.15) is 27.0 Å². The number of carbonyl (C=O) groups excluding carboxylic acids is 1. The van der Waals surface area contributed by atoms with Gasteiger partial charge >= 0.3 is 5.69 Å². The standard InChI is InChI=1S/C19H17N5O4/c1-11-3-4-14(9-12(11)2)24-18(27)15(17(26)22-19(24)28)10-21-23-16(25)13-5-7-20-8-6-13/h3-10,27H,1-2H3,(H,23,25)(H,22,26,28)/b21-10+. The minimum Gasteiger partial charge on any atom is -0.493 e. The number of amides is 1. The topological polar surface area (TPSA) is 129 Å². The van der Waals surface area contributed by atoms with E-state index in [1.54, 1.807) is 18.2 Å². The molecule has 2 heterocycles. The summed E-state index contributed by atoms with van der Waals surface area (Å²) in [7, 11) is 0. The molecule has 142 valence electrons. The first-order valence-corrected chi connectivity index (χ1v) is 8.28. The Morgan fingerprint density at radius 3 is 2.57 bits per heavy atom. The molecule has 2 aromatic heterocycles. The maximum atomic E-state index is 12.2. The Hall–Kier alpha value is -4.01. The largest absolute Gasteiger partial charge is 0.493 e. The van der Waals surface area contributed by atoms with Crippen molar-refractivity contribution in [1.82, 2.24) is 20.0 Å². The molecule has 0 bridgehead atoms. The molecule has 9 nitrogen and oxygen atoms in total. The van der Waals surface area contributed by atoms with Gasteiger partial charge < -0.3 is 5.11 Å². The summed E-state index contributed by atoms with van der Waals surface area (Å²) >= 11 is 0. The zero-order chi connectivity index (χ0) is 20.3. The molecule has 0 spiro atoms. The minimum absolute atomic E-state index is 0.271. The molecule has 0 aliphatic carbocycles. The van der Waals surface area contributed by atoms with Crippen LogP contribution in [0.4, 0.5) is 0 Å². The Balaban J connectivity index is 1.96. The number of aromatic hydroxyl groups is 1. The monoisotopic (exact) mass is 379 g/mol. The van der Waals surface area contributed by atoms with Gasteiger partial charge in [0.25, 0.3) is 11.5 Å². The average Bonchev–Trinajstić information content (AvgIpc) is 2.67. The number of rotatable bonds is 4. The number of aromatic amines is 1. The van der Waals surface area contributed by atoms with E-state index in [1.807, 2.05) is 13.8 Å². The maximum Gasteiger partial charge on any atom is 0.335 e. The van der Waals surface area contributed by atoms with Crippen molar-refractivity contribution in [3.8, 4) is 11.6 Å². The van der Waals surface area contributed by atoms with Crippen molar-refractivity contribution in [1.29, 1.82) is 0 Å². The van der Waals surface area contributed by atoms with Gasteiger partial charge in [-0.3, -0.25) is 19.6 Å². The van der Waals surface area contributed by atoms with E-state index >= 15 is 0 Å². The Bertz CT molecular complexity index is 1180. The fourth-order valence-electron chi connectivity index (χ4n) is 2.48. The molecule has 0 fully saturated rings. The molecule has 0 aliphatic rings. The van der Waals surface area contributed by atoms with Crippen LogP contribution < -0.4 is 16.7 Å². The molecule has 0 radical (unpaired) electrons. The number of benzene rings is 1. The molecule has 1 aromatic carbocycles. The van der Waals surface area contributed by atoms with Crippen molar-refractivity contribution in [2.45, 2.75) is 13.8 Å². The number of hydrogen-bond acceptors (Lipinski definition) is 6. The number of hydrogen-bond donors (Lipinski definition) is 3. The van der Waals surface area contributed by atoms with Crippen molar-refractivity contribution in [3.63, 3.8) is 0 Å². The molecular weight excluding hydrogens is 362 g/mol. The van der Waals surface area contributed by atoms with Crippen molar-refractivity contribution in [2.75, 3.05) is 0 Å². The minimum atomic E-state index is -0.829.